The van der Waals surface area contributed by atoms with Gasteiger partial charge < -0.3 is 24.9 Å². The molecule has 0 aromatic carbocycles. The molecule has 13 nitrogen and oxygen atoms in total. The number of hydrogen-bond donors (Lipinski definition) is 2. The van der Waals surface area contributed by atoms with Crippen molar-refractivity contribution < 1.29 is 33.9 Å². The van der Waals surface area contributed by atoms with Crippen molar-refractivity contribution in [3.8, 4) is 0 Å². The van der Waals surface area contributed by atoms with E-state index in [-0.39, 0.29) is 30.2 Å². The fraction of sp³-hybridized carbons (Fsp3) is 0.562. The summed E-state index contributed by atoms with van der Waals surface area (Å²) in [5.74, 6) is -2.94. The quantitative estimate of drug-likeness (QED) is 0.324. The molecular formula is C16H23N7O6S. The lowest BCUT2D eigenvalue weighted by Gasteiger charge is -2.50. The first-order chi connectivity index (χ1) is 14.1. The highest BCUT2D eigenvalue weighted by Crippen LogP contribution is 2.40. The smallest absolute Gasteiger partial charge is 0.302 e. The maximum atomic E-state index is 12.4. The average Bonchev–Trinajstić information content (AvgIpc) is 3.15. The molecule has 3 heterocycles. The number of aromatic nitrogens is 4. The van der Waals surface area contributed by atoms with Crippen LogP contribution in [0.15, 0.2) is 17.6 Å². The number of quaternary nitrogens is 1. The van der Waals surface area contributed by atoms with Crippen LogP contribution in [0.2, 0.25) is 0 Å². The van der Waals surface area contributed by atoms with Crippen LogP contribution in [0, 0.1) is 0 Å². The number of hydrogen-bond acceptors (Lipinski definition) is 10. The molecule has 2 atom stereocenters. The normalized spacial score (nSPS) is 20.0. The lowest BCUT2D eigenvalue weighted by atomic mass is 10.0. The van der Waals surface area contributed by atoms with Gasteiger partial charge in [0.2, 0.25) is 5.91 Å². The molecular weight excluding hydrogens is 418 g/mol. The number of nitrogens with one attached hydrogen (secondary N) is 2. The number of esters is 1. The number of β-lactam (4-membered cyclic amide) rings is 1. The van der Waals surface area contributed by atoms with E-state index in [4.69, 9.17) is 4.74 Å². The second kappa shape index (κ2) is 10.2. The van der Waals surface area contributed by atoms with Crippen LogP contribution in [0.3, 0.4) is 0 Å². The van der Waals surface area contributed by atoms with Gasteiger partial charge in [0.1, 0.15) is 30.9 Å². The summed E-state index contributed by atoms with van der Waals surface area (Å²) < 4.78 is 6.01. The number of tetrazole rings is 1. The molecule has 1 aromatic rings. The summed E-state index contributed by atoms with van der Waals surface area (Å²) in [5, 5.41) is 23.8. The van der Waals surface area contributed by atoms with E-state index in [0.29, 0.717) is 0 Å². The standard InChI is InChI=1S/C13H14N6O6S.C3H9N/c1-6(20)25-3-7-4-26-12-9(11(22)19(12)10(7)13(23)24)15-8(21)2-18-5-14-16-17-18;1-4(2)3/h5,9,12H,2-4H2,1H3,(H,15,21)(H,23,24);1-3H3/t9-,12+;/m0./s1. The van der Waals surface area contributed by atoms with Crippen molar-refractivity contribution in [2.24, 2.45) is 0 Å². The Morgan fingerprint density at radius 3 is 2.57 bits per heavy atom. The molecule has 1 fully saturated rings. The highest BCUT2D eigenvalue weighted by molar-refractivity contribution is 8.00. The second-order valence-corrected chi connectivity index (χ2v) is 8.09. The maximum absolute atomic E-state index is 12.4. The van der Waals surface area contributed by atoms with Crippen LogP contribution in [0.1, 0.15) is 6.92 Å². The van der Waals surface area contributed by atoms with Crippen LogP contribution in [0.25, 0.3) is 0 Å². The summed E-state index contributed by atoms with van der Waals surface area (Å²) in [6, 6.07) is -0.867. The van der Waals surface area contributed by atoms with Crippen molar-refractivity contribution in [2.75, 3.05) is 33.5 Å². The monoisotopic (exact) mass is 441 g/mol. The average molecular weight is 441 g/mol. The summed E-state index contributed by atoms with van der Waals surface area (Å²) in [7, 11) is 6.25. The topological polar surface area (TPSA) is 164 Å². The van der Waals surface area contributed by atoms with Gasteiger partial charge >= 0.3 is 5.97 Å². The molecule has 2 aliphatic heterocycles. The van der Waals surface area contributed by atoms with Crippen molar-refractivity contribution in [1.82, 2.24) is 30.4 Å². The number of thioether (sulfide) groups is 1. The van der Waals surface area contributed by atoms with Gasteiger partial charge in [-0.2, -0.15) is 0 Å². The van der Waals surface area contributed by atoms with Gasteiger partial charge in [-0.1, -0.05) is 0 Å². The highest BCUT2D eigenvalue weighted by Gasteiger charge is 2.52. The molecule has 0 bridgehead atoms. The Labute approximate surface area is 176 Å². The van der Waals surface area contributed by atoms with Crippen molar-refractivity contribution in [1.29, 1.82) is 0 Å². The molecule has 2 aliphatic rings. The van der Waals surface area contributed by atoms with Gasteiger partial charge in [-0.05, 0) is 10.4 Å². The van der Waals surface area contributed by atoms with E-state index in [1.165, 1.54) is 34.6 Å². The number of aliphatic carboxylic acids is 1. The molecule has 14 heteroatoms. The fourth-order valence-corrected chi connectivity index (χ4v) is 3.92. The van der Waals surface area contributed by atoms with E-state index >= 15 is 0 Å². The minimum Gasteiger partial charge on any atom is -0.543 e. The molecule has 30 heavy (non-hydrogen) atoms. The Hall–Kier alpha value is -3.00. The molecule has 0 unspecified atom stereocenters. The first-order valence-corrected chi connectivity index (χ1v) is 9.95. The number of ether oxygens (including phenoxy) is 1. The van der Waals surface area contributed by atoms with Crippen LogP contribution < -0.4 is 15.3 Å². The van der Waals surface area contributed by atoms with Gasteiger partial charge in [-0.3, -0.25) is 19.3 Å². The molecule has 1 aromatic heterocycles. The third-order valence-corrected chi connectivity index (χ3v) is 5.04. The molecule has 0 spiro atoms. The molecule has 2 amide bonds. The zero-order chi connectivity index (χ0) is 22.4. The van der Waals surface area contributed by atoms with E-state index in [9.17, 15) is 24.3 Å². The molecule has 2 N–H and O–H groups in total. The predicted molar refractivity (Wildman–Crippen MR) is 100 cm³/mol. The lowest BCUT2D eigenvalue weighted by Crippen LogP contribution is -3.02. The Kier molecular flexibility index (Phi) is 7.88. The molecule has 0 radical (unpaired) electrons. The largest absolute Gasteiger partial charge is 0.543 e. The molecule has 0 aliphatic carbocycles. The fourth-order valence-electron chi connectivity index (χ4n) is 2.59. The van der Waals surface area contributed by atoms with Crippen molar-refractivity contribution in [2.45, 2.75) is 24.9 Å². The Morgan fingerprint density at radius 1 is 1.37 bits per heavy atom. The first kappa shape index (κ1) is 23.3. The van der Waals surface area contributed by atoms with Crippen LogP contribution in [0.4, 0.5) is 0 Å². The number of nitrogens with zero attached hydrogens (tertiary/aromatic N) is 5. The zero-order valence-electron chi connectivity index (χ0n) is 16.9. The first-order valence-electron chi connectivity index (χ1n) is 8.90. The summed E-state index contributed by atoms with van der Waals surface area (Å²) in [4.78, 5) is 49.2. The number of carbonyl (C=O) groups is 4. The SMILES string of the molecule is CC(=O)OCC1=C(C(=O)[O-])N2C(=O)[C@H](NC(=O)Cn3cnnn3)[C@H]2SC1.C[NH+](C)C. The number of carboxylic acids is 1. The lowest BCUT2D eigenvalue weighted by molar-refractivity contribution is -0.836. The summed E-state index contributed by atoms with van der Waals surface area (Å²) >= 11 is 1.26. The third kappa shape index (κ3) is 5.76. The number of carboxylic acid groups (broad SMARTS) is 1. The van der Waals surface area contributed by atoms with Crippen molar-refractivity contribution in [3.63, 3.8) is 0 Å². The van der Waals surface area contributed by atoms with Crippen LogP contribution in [-0.4, -0.2) is 93.8 Å². The van der Waals surface area contributed by atoms with Gasteiger partial charge in [0.05, 0.1) is 32.8 Å². The van der Waals surface area contributed by atoms with Gasteiger partial charge in [0.25, 0.3) is 5.91 Å². The number of amides is 2. The molecule has 0 saturated carbocycles. The molecule has 3 rings (SSSR count). The summed E-state index contributed by atoms with van der Waals surface area (Å²) in [6.07, 6.45) is 1.25. The van der Waals surface area contributed by atoms with Gasteiger partial charge in [-0.15, -0.1) is 16.9 Å². The maximum Gasteiger partial charge on any atom is 0.302 e. The Balaban J connectivity index is 0.000000735. The van der Waals surface area contributed by atoms with E-state index in [1.54, 1.807) is 0 Å². The minimum atomic E-state index is -1.54. The van der Waals surface area contributed by atoms with E-state index in [1.807, 2.05) is 0 Å². The van der Waals surface area contributed by atoms with E-state index < -0.39 is 35.2 Å². The van der Waals surface area contributed by atoms with Gasteiger partial charge in [-0.25, -0.2) is 4.68 Å². The van der Waals surface area contributed by atoms with Crippen molar-refractivity contribution >= 4 is 35.5 Å². The van der Waals surface area contributed by atoms with Crippen LogP contribution in [0.5, 0.6) is 0 Å². The van der Waals surface area contributed by atoms with Gasteiger partial charge in [0, 0.05) is 18.2 Å². The summed E-state index contributed by atoms with van der Waals surface area (Å²) in [5.41, 5.74) is -0.0424. The summed E-state index contributed by atoms with van der Waals surface area (Å²) in [6.45, 7) is 0.788. The van der Waals surface area contributed by atoms with Crippen LogP contribution in [-0.2, 0) is 30.5 Å². The van der Waals surface area contributed by atoms with E-state index in [2.05, 4.69) is 42.0 Å². The Morgan fingerprint density at radius 2 is 2.03 bits per heavy atom. The zero-order valence-corrected chi connectivity index (χ0v) is 17.8. The van der Waals surface area contributed by atoms with Crippen LogP contribution >= 0.6 is 11.8 Å². The molecule has 164 valence electrons. The number of carbonyl (C=O) groups excluding carboxylic acids is 4. The molecule has 1 saturated heterocycles. The number of rotatable bonds is 6. The highest BCUT2D eigenvalue weighted by atomic mass is 32.2. The third-order valence-electron chi connectivity index (χ3n) is 3.70. The van der Waals surface area contributed by atoms with E-state index in [0.717, 1.165) is 4.90 Å². The second-order valence-electron chi connectivity index (χ2n) is 6.98. The van der Waals surface area contributed by atoms with Gasteiger partial charge in [0.15, 0.2) is 0 Å². The number of fused-ring (bicyclic) bond motifs is 1. The predicted octanol–water partition coefficient (Wildman–Crippen LogP) is -4.60. The minimum absolute atomic E-state index is 0.172. The Bertz CT molecular complexity index is 838. The van der Waals surface area contributed by atoms with Crippen molar-refractivity contribution in [3.05, 3.63) is 17.6 Å².